The van der Waals surface area contributed by atoms with Crippen LogP contribution in [-0.2, 0) is 22.2 Å². The number of aromatic nitrogens is 2. The SMILES string of the molecule is CC1=C(C(=O)N[C@H](Cc2ccccc2)C(=O)O)C(c2ccc(Cl)c(Cl)c2)n2nc(C(F)(F)F)cc2N1. The number of fused-ring (bicyclic) bond motifs is 1. The topological polar surface area (TPSA) is 96.3 Å². The van der Waals surface area contributed by atoms with Gasteiger partial charge in [0, 0.05) is 18.2 Å². The Labute approximate surface area is 213 Å². The average molecular weight is 539 g/mol. The molecule has 2 atom stereocenters. The summed E-state index contributed by atoms with van der Waals surface area (Å²) in [6.07, 6.45) is -4.72. The molecule has 12 heteroatoms. The van der Waals surface area contributed by atoms with Crippen LogP contribution in [0.1, 0.15) is 29.8 Å². The minimum Gasteiger partial charge on any atom is -0.480 e. The molecule has 0 fully saturated rings. The summed E-state index contributed by atoms with van der Waals surface area (Å²) in [4.78, 5) is 25.4. The zero-order valence-corrected chi connectivity index (χ0v) is 20.1. The molecule has 0 spiro atoms. The second kappa shape index (κ2) is 9.87. The lowest BCUT2D eigenvalue weighted by molar-refractivity contribution is -0.142. The molecule has 1 aromatic heterocycles. The van der Waals surface area contributed by atoms with E-state index in [1.807, 2.05) is 0 Å². The maximum absolute atomic E-state index is 13.5. The molecule has 3 aromatic rings. The van der Waals surface area contributed by atoms with E-state index in [2.05, 4.69) is 15.7 Å². The number of allylic oxidation sites excluding steroid dienone is 1. The van der Waals surface area contributed by atoms with Crippen LogP contribution in [0.3, 0.4) is 0 Å². The van der Waals surface area contributed by atoms with Gasteiger partial charge in [-0.05, 0) is 30.2 Å². The summed E-state index contributed by atoms with van der Waals surface area (Å²) in [5.74, 6) is -2.04. The first-order valence-electron chi connectivity index (χ1n) is 10.6. The van der Waals surface area contributed by atoms with Gasteiger partial charge in [0.15, 0.2) is 5.69 Å². The van der Waals surface area contributed by atoms with E-state index in [1.54, 1.807) is 30.3 Å². The first-order valence-corrected chi connectivity index (χ1v) is 11.4. The van der Waals surface area contributed by atoms with E-state index >= 15 is 0 Å². The Balaban J connectivity index is 1.76. The van der Waals surface area contributed by atoms with Crippen LogP contribution in [0.5, 0.6) is 0 Å². The molecule has 0 saturated carbocycles. The van der Waals surface area contributed by atoms with Crippen molar-refractivity contribution in [2.45, 2.75) is 31.6 Å². The zero-order chi connectivity index (χ0) is 26.2. The lowest BCUT2D eigenvalue weighted by Gasteiger charge is -2.30. The van der Waals surface area contributed by atoms with E-state index < -0.39 is 35.8 Å². The van der Waals surface area contributed by atoms with E-state index in [9.17, 15) is 27.9 Å². The highest BCUT2D eigenvalue weighted by atomic mass is 35.5. The molecule has 3 N–H and O–H groups in total. The number of nitrogens with zero attached hydrogens (tertiary/aromatic N) is 2. The molecule has 4 rings (SSSR count). The molecule has 1 amide bonds. The molecule has 36 heavy (non-hydrogen) atoms. The van der Waals surface area contributed by atoms with Crippen molar-refractivity contribution in [3.8, 4) is 0 Å². The van der Waals surface area contributed by atoms with Gasteiger partial charge in [-0.25, -0.2) is 9.48 Å². The number of hydrogen-bond donors (Lipinski definition) is 3. The van der Waals surface area contributed by atoms with Crippen LogP contribution in [0.15, 0.2) is 65.9 Å². The number of nitrogens with one attached hydrogen (secondary N) is 2. The minimum absolute atomic E-state index is 0.00432. The van der Waals surface area contributed by atoms with E-state index in [0.717, 1.165) is 10.7 Å². The number of carboxylic acids is 1. The van der Waals surface area contributed by atoms with Crippen LogP contribution in [0.2, 0.25) is 10.0 Å². The quantitative estimate of drug-likeness (QED) is 0.395. The molecule has 188 valence electrons. The maximum atomic E-state index is 13.5. The van der Waals surface area contributed by atoms with E-state index in [4.69, 9.17) is 23.2 Å². The van der Waals surface area contributed by atoms with Crippen molar-refractivity contribution in [1.29, 1.82) is 0 Å². The van der Waals surface area contributed by atoms with Crippen LogP contribution in [0.4, 0.5) is 19.0 Å². The predicted molar refractivity (Wildman–Crippen MR) is 128 cm³/mol. The molecule has 1 aliphatic rings. The van der Waals surface area contributed by atoms with Crippen molar-refractivity contribution in [2.75, 3.05) is 5.32 Å². The third kappa shape index (κ3) is 5.19. The molecule has 0 bridgehead atoms. The van der Waals surface area contributed by atoms with Crippen molar-refractivity contribution >= 4 is 40.9 Å². The summed E-state index contributed by atoms with van der Waals surface area (Å²) < 4.78 is 41.3. The number of hydrogen-bond acceptors (Lipinski definition) is 4. The van der Waals surface area contributed by atoms with Crippen molar-refractivity contribution in [2.24, 2.45) is 0 Å². The van der Waals surface area contributed by atoms with Crippen molar-refractivity contribution in [3.63, 3.8) is 0 Å². The summed E-state index contributed by atoms with van der Waals surface area (Å²) in [5, 5.41) is 19.0. The maximum Gasteiger partial charge on any atom is 0.435 e. The fourth-order valence-corrected chi connectivity index (χ4v) is 4.29. The molecule has 7 nitrogen and oxygen atoms in total. The van der Waals surface area contributed by atoms with Crippen LogP contribution in [0, 0.1) is 0 Å². The molecule has 0 saturated heterocycles. The summed E-state index contributed by atoms with van der Waals surface area (Å²) in [7, 11) is 0. The van der Waals surface area contributed by atoms with E-state index in [-0.39, 0.29) is 33.6 Å². The van der Waals surface area contributed by atoms with Gasteiger partial charge in [0.2, 0.25) is 0 Å². The summed E-state index contributed by atoms with van der Waals surface area (Å²) >= 11 is 12.2. The Hall–Kier alpha value is -3.50. The van der Waals surface area contributed by atoms with Gasteiger partial charge in [0.25, 0.3) is 5.91 Å². The lowest BCUT2D eigenvalue weighted by Crippen LogP contribution is -2.45. The number of halogens is 5. The number of rotatable bonds is 6. The Kier molecular flexibility index (Phi) is 7.01. The van der Waals surface area contributed by atoms with Gasteiger partial charge in [-0.15, -0.1) is 0 Å². The highest BCUT2D eigenvalue weighted by molar-refractivity contribution is 6.42. The lowest BCUT2D eigenvalue weighted by atomic mass is 9.94. The Morgan fingerprint density at radius 3 is 2.44 bits per heavy atom. The Morgan fingerprint density at radius 2 is 1.83 bits per heavy atom. The highest BCUT2D eigenvalue weighted by Gasteiger charge is 2.40. The highest BCUT2D eigenvalue weighted by Crippen LogP contribution is 2.40. The smallest absolute Gasteiger partial charge is 0.435 e. The number of carboxylic acid groups (broad SMARTS) is 1. The van der Waals surface area contributed by atoms with E-state index in [1.165, 1.54) is 25.1 Å². The third-order valence-corrected chi connectivity index (χ3v) is 6.39. The van der Waals surface area contributed by atoms with Crippen molar-refractivity contribution in [1.82, 2.24) is 15.1 Å². The molecule has 2 heterocycles. The van der Waals surface area contributed by atoms with Crippen LogP contribution in [0.25, 0.3) is 0 Å². The standard InChI is InChI=1S/C24H19Cl2F3N4O3/c1-12-20(22(34)31-17(23(35)36)9-13-5-3-2-4-6-13)21(14-7-8-15(25)16(26)10-14)33-19(30-12)11-18(32-33)24(27,28)29/h2-8,10-11,17,21,30H,9H2,1H3,(H,31,34)(H,35,36)/t17-,21?/m1/s1. The number of aliphatic carboxylic acids is 1. The van der Waals surface area contributed by atoms with Crippen LogP contribution >= 0.6 is 23.2 Å². The number of carbonyl (C=O) groups excluding carboxylic acids is 1. The van der Waals surface area contributed by atoms with Gasteiger partial charge >= 0.3 is 12.1 Å². The second-order valence-electron chi connectivity index (χ2n) is 8.15. The second-order valence-corrected chi connectivity index (χ2v) is 8.97. The minimum atomic E-state index is -4.73. The summed E-state index contributed by atoms with van der Waals surface area (Å²) in [6, 6.07) is 11.5. The Morgan fingerprint density at radius 1 is 1.14 bits per heavy atom. The van der Waals surface area contributed by atoms with Gasteiger partial charge < -0.3 is 15.7 Å². The number of amides is 1. The first kappa shape index (κ1) is 25.6. The van der Waals surface area contributed by atoms with Gasteiger partial charge in [-0.1, -0.05) is 59.6 Å². The molecule has 0 radical (unpaired) electrons. The van der Waals surface area contributed by atoms with Gasteiger partial charge in [-0.3, -0.25) is 4.79 Å². The van der Waals surface area contributed by atoms with Gasteiger partial charge in [0.1, 0.15) is 17.9 Å². The summed E-state index contributed by atoms with van der Waals surface area (Å²) in [6.45, 7) is 1.51. The molecular weight excluding hydrogens is 520 g/mol. The molecule has 1 unspecified atom stereocenters. The third-order valence-electron chi connectivity index (χ3n) is 5.65. The molecule has 2 aromatic carbocycles. The molecular formula is C24H19Cl2F3N4O3. The van der Waals surface area contributed by atoms with Crippen molar-refractivity contribution in [3.05, 3.63) is 92.7 Å². The van der Waals surface area contributed by atoms with Gasteiger partial charge in [-0.2, -0.15) is 18.3 Å². The number of benzene rings is 2. The average Bonchev–Trinajstić information content (AvgIpc) is 3.24. The first-order chi connectivity index (χ1) is 17.0. The fraction of sp³-hybridized carbons (Fsp3) is 0.208. The fourth-order valence-electron chi connectivity index (χ4n) is 3.98. The number of anilines is 1. The van der Waals surface area contributed by atoms with Crippen molar-refractivity contribution < 1.29 is 27.9 Å². The Bertz CT molecular complexity index is 1360. The molecule has 0 aliphatic carbocycles. The monoisotopic (exact) mass is 538 g/mol. The zero-order valence-electron chi connectivity index (χ0n) is 18.6. The number of alkyl halides is 3. The van der Waals surface area contributed by atoms with Crippen LogP contribution < -0.4 is 10.6 Å². The largest absolute Gasteiger partial charge is 0.480 e. The van der Waals surface area contributed by atoms with E-state index in [0.29, 0.717) is 11.1 Å². The predicted octanol–water partition coefficient (Wildman–Crippen LogP) is 5.31. The number of carbonyl (C=O) groups is 2. The summed E-state index contributed by atoms with van der Waals surface area (Å²) in [5.41, 5.74) is 0.0777. The molecule has 1 aliphatic heterocycles. The normalized spacial score (nSPS) is 16.2. The van der Waals surface area contributed by atoms with Crippen LogP contribution in [-0.4, -0.2) is 32.8 Å². The van der Waals surface area contributed by atoms with Gasteiger partial charge in [0.05, 0.1) is 15.6 Å².